The van der Waals surface area contributed by atoms with Crippen LogP contribution >= 0.6 is 0 Å². The lowest BCUT2D eigenvalue weighted by Crippen LogP contribution is -2.27. The predicted octanol–water partition coefficient (Wildman–Crippen LogP) is 3.59. The Kier molecular flexibility index (Phi) is 3.49. The SMILES string of the molecule is Cn1ccc2cc(-c3nccn3CC3(CO)CCCC3)ccc21. The van der Waals surface area contributed by atoms with Crippen molar-refractivity contribution in [2.45, 2.75) is 32.2 Å². The van der Waals surface area contributed by atoms with Crippen molar-refractivity contribution in [1.82, 2.24) is 14.1 Å². The van der Waals surface area contributed by atoms with Crippen molar-refractivity contribution in [1.29, 1.82) is 0 Å². The first-order valence-electron chi connectivity index (χ1n) is 8.38. The van der Waals surface area contributed by atoms with Gasteiger partial charge < -0.3 is 14.2 Å². The zero-order valence-corrected chi connectivity index (χ0v) is 13.6. The number of fused-ring (bicyclic) bond motifs is 1. The highest BCUT2D eigenvalue weighted by atomic mass is 16.3. The Balaban J connectivity index is 1.70. The van der Waals surface area contributed by atoms with Gasteiger partial charge in [-0.2, -0.15) is 0 Å². The average Bonchev–Trinajstić information content (AvgIpc) is 3.29. The molecule has 2 heterocycles. The van der Waals surface area contributed by atoms with E-state index in [-0.39, 0.29) is 12.0 Å². The van der Waals surface area contributed by atoms with Gasteiger partial charge in [-0.3, -0.25) is 0 Å². The summed E-state index contributed by atoms with van der Waals surface area (Å²) in [5.41, 5.74) is 2.40. The van der Waals surface area contributed by atoms with E-state index in [0.29, 0.717) is 0 Å². The molecule has 1 aliphatic rings. The highest BCUT2D eigenvalue weighted by Gasteiger charge is 2.34. The molecular weight excluding hydrogens is 286 g/mol. The van der Waals surface area contributed by atoms with Crippen LogP contribution < -0.4 is 0 Å². The number of aryl methyl sites for hydroxylation is 1. The summed E-state index contributed by atoms with van der Waals surface area (Å²) in [5.74, 6) is 0.996. The fraction of sp³-hybridized carbons (Fsp3) is 0.421. The van der Waals surface area contributed by atoms with E-state index in [1.807, 2.05) is 12.4 Å². The highest BCUT2D eigenvalue weighted by molar-refractivity contribution is 5.84. The number of hydrogen-bond donors (Lipinski definition) is 1. The van der Waals surface area contributed by atoms with E-state index in [1.165, 1.54) is 23.7 Å². The Morgan fingerprint density at radius 1 is 1.17 bits per heavy atom. The summed E-state index contributed by atoms with van der Waals surface area (Å²) in [4.78, 5) is 4.58. The van der Waals surface area contributed by atoms with Gasteiger partial charge >= 0.3 is 0 Å². The minimum Gasteiger partial charge on any atom is -0.396 e. The van der Waals surface area contributed by atoms with Gasteiger partial charge in [-0.25, -0.2) is 4.98 Å². The third kappa shape index (κ3) is 2.47. The Hall–Kier alpha value is -2.07. The second-order valence-corrected chi connectivity index (χ2v) is 6.94. The molecule has 0 radical (unpaired) electrons. The van der Waals surface area contributed by atoms with Gasteiger partial charge in [-0.1, -0.05) is 12.8 Å². The maximum absolute atomic E-state index is 9.88. The molecule has 4 heteroatoms. The summed E-state index contributed by atoms with van der Waals surface area (Å²) < 4.78 is 4.34. The van der Waals surface area contributed by atoms with Crippen LogP contribution in [0, 0.1) is 5.41 Å². The zero-order chi connectivity index (χ0) is 15.9. The summed E-state index contributed by atoms with van der Waals surface area (Å²) in [5, 5.41) is 11.1. The Morgan fingerprint density at radius 2 is 2.00 bits per heavy atom. The maximum Gasteiger partial charge on any atom is 0.139 e. The van der Waals surface area contributed by atoms with E-state index in [2.05, 4.69) is 51.6 Å². The second-order valence-electron chi connectivity index (χ2n) is 6.94. The minimum atomic E-state index is 0.0340. The van der Waals surface area contributed by atoms with Crippen LogP contribution in [0.4, 0.5) is 0 Å². The Labute approximate surface area is 136 Å². The number of aliphatic hydroxyl groups is 1. The van der Waals surface area contributed by atoms with E-state index in [9.17, 15) is 5.11 Å². The number of nitrogens with zero attached hydrogens (tertiary/aromatic N) is 3. The maximum atomic E-state index is 9.88. The van der Waals surface area contributed by atoms with Crippen LogP contribution in [0.2, 0.25) is 0 Å². The largest absolute Gasteiger partial charge is 0.396 e. The lowest BCUT2D eigenvalue weighted by molar-refractivity contribution is 0.112. The molecule has 4 nitrogen and oxygen atoms in total. The van der Waals surface area contributed by atoms with Gasteiger partial charge in [0.1, 0.15) is 5.82 Å². The lowest BCUT2D eigenvalue weighted by atomic mass is 9.87. The molecule has 0 aliphatic heterocycles. The van der Waals surface area contributed by atoms with E-state index in [0.717, 1.165) is 30.8 Å². The number of benzene rings is 1. The number of aromatic nitrogens is 3. The molecule has 3 aromatic rings. The Morgan fingerprint density at radius 3 is 2.78 bits per heavy atom. The molecule has 1 fully saturated rings. The first kappa shape index (κ1) is 14.5. The molecule has 0 unspecified atom stereocenters. The van der Waals surface area contributed by atoms with Gasteiger partial charge in [0, 0.05) is 54.1 Å². The minimum absolute atomic E-state index is 0.0340. The summed E-state index contributed by atoms with van der Waals surface area (Å²) in [7, 11) is 2.06. The molecule has 0 atom stereocenters. The quantitative estimate of drug-likeness (QED) is 0.800. The van der Waals surface area contributed by atoms with Crippen LogP contribution in [-0.2, 0) is 13.6 Å². The van der Waals surface area contributed by atoms with Crippen molar-refractivity contribution in [2.75, 3.05) is 6.61 Å². The topological polar surface area (TPSA) is 43.0 Å². The van der Waals surface area contributed by atoms with E-state index < -0.39 is 0 Å². The number of hydrogen-bond acceptors (Lipinski definition) is 2. The van der Waals surface area contributed by atoms with E-state index in [1.54, 1.807) is 0 Å². The number of aliphatic hydroxyl groups excluding tert-OH is 1. The summed E-state index contributed by atoms with van der Waals surface area (Å²) in [6.45, 7) is 1.12. The molecule has 23 heavy (non-hydrogen) atoms. The molecule has 1 aromatic carbocycles. The fourth-order valence-electron chi connectivity index (χ4n) is 3.97. The zero-order valence-electron chi connectivity index (χ0n) is 13.6. The van der Waals surface area contributed by atoms with Crippen LogP contribution in [0.3, 0.4) is 0 Å². The molecule has 4 rings (SSSR count). The molecule has 0 spiro atoms. The van der Waals surface area contributed by atoms with Crippen molar-refractivity contribution >= 4 is 10.9 Å². The highest BCUT2D eigenvalue weighted by Crippen LogP contribution is 2.40. The molecule has 1 N–H and O–H groups in total. The van der Waals surface area contributed by atoms with Crippen LogP contribution in [0.25, 0.3) is 22.3 Å². The standard InChI is InChI=1S/C19H23N3O/c1-21-10-6-15-12-16(4-5-17(15)21)18-20-9-11-22(18)13-19(14-23)7-2-3-8-19/h4-6,9-12,23H,2-3,7-8,13-14H2,1H3. The lowest BCUT2D eigenvalue weighted by Gasteiger charge is -2.27. The molecule has 120 valence electrons. The predicted molar refractivity (Wildman–Crippen MR) is 92.1 cm³/mol. The molecular formula is C19H23N3O. The van der Waals surface area contributed by atoms with Crippen molar-refractivity contribution < 1.29 is 5.11 Å². The van der Waals surface area contributed by atoms with Crippen LogP contribution in [0.5, 0.6) is 0 Å². The third-order valence-electron chi connectivity index (χ3n) is 5.36. The third-order valence-corrected chi connectivity index (χ3v) is 5.36. The molecule has 2 aromatic heterocycles. The molecule has 0 bridgehead atoms. The molecule has 1 aliphatic carbocycles. The molecule has 0 saturated heterocycles. The first-order valence-corrected chi connectivity index (χ1v) is 8.38. The summed E-state index contributed by atoms with van der Waals surface area (Å²) >= 11 is 0. The summed E-state index contributed by atoms with van der Waals surface area (Å²) in [6.07, 6.45) is 10.7. The van der Waals surface area contributed by atoms with Crippen molar-refractivity contribution in [3.63, 3.8) is 0 Å². The molecule has 1 saturated carbocycles. The average molecular weight is 309 g/mol. The van der Waals surface area contributed by atoms with Gasteiger partial charge in [-0.15, -0.1) is 0 Å². The monoisotopic (exact) mass is 309 g/mol. The van der Waals surface area contributed by atoms with Gasteiger partial charge in [0.15, 0.2) is 0 Å². The van der Waals surface area contributed by atoms with Crippen molar-refractivity contribution in [2.24, 2.45) is 12.5 Å². The fourth-order valence-corrected chi connectivity index (χ4v) is 3.97. The van der Waals surface area contributed by atoms with Gasteiger partial charge in [0.05, 0.1) is 6.61 Å². The normalized spacial score (nSPS) is 17.1. The van der Waals surface area contributed by atoms with Gasteiger partial charge in [-0.05, 0) is 37.1 Å². The van der Waals surface area contributed by atoms with Crippen LogP contribution in [-0.4, -0.2) is 25.8 Å². The van der Waals surface area contributed by atoms with Gasteiger partial charge in [0.2, 0.25) is 0 Å². The number of imidazole rings is 1. The smallest absolute Gasteiger partial charge is 0.139 e. The van der Waals surface area contributed by atoms with Crippen molar-refractivity contribution in [3.05, 3.63) is 42.9 Å². The Bertz CT molecular complexity index is 824. The van der Waals surface area contributed by atoms with E-state index in [4.69, 9.17) is 0 Å². The van der Waals surface area contributed by atoms with Crippen LogP contribution in [0.15, 0.2) is 42.9 Å². The number of rotatable bonds is 4. The summed E-state index contributed by atoms with van der Waals surface area (Å²) in [6, 6.07) is 8.63. The molecule has 0 amide bonds. The second kappa shape index (κ2) is 5.53. The van der Waals surface area contributed by atoms with Crippen LogP contribution in [0.1, 0.15) is 25.7 Å². The van der Waals surface area contributed by atoms with Gasteiger partial charge in [0.25, 0.3) is 0 Å². The van der Waals surface area contributed by atoms with E-state index >= 15 is 0 Å². The first-order chi connectivity index (χ1) is 11.2. The van der Waals surface area contributed by atoms with Crippen molar-refractivity contribution in [3.8, 4) is 11.4 Å².